The molecule has 0 amide bonds. The highest BCUT2D eigenvalue weighted by Gasteiger charge is 2.04. The van der Waals surface area contributed by atoms with Gasteiger partial charge in [0.15, 0.2) is 5.16 Å². The van der Waals surface area contributed by atoms with Crippen LogP contribution < -0.4 is 0 Å². The van der Waals surface area contributed by atoms with Crippen LogP contribution in [0.4, 0.5) is 0 Å². The minimum absolute atomic E-state index is 0.416. The summed E-state index contributed by atoms with van der Waals surface area (Å²) >= 11 is 8.79. The number of aryl methyl sites for hydroxylation is 1. The molecule has 0 aliphatic heterocycles. The van der Waals surface area contributed by atoms with Crippen molar-refractivity contribution < 1.29 is 0 Å². The summed E-state index contributed by atoms with van der Waals surface area (Å²) in [7, 11) is 1.93. The van der Waals surface area contributed by atoms with Crippen LogP contribution in [-0.4, -0.2) is 29.8 Å². The molecule has 1 aromatic heterocycles. The van der Waals surface area contributed by atoms with Crippen LogP contribution in [0.1, 0.15) is 0 Å². The van der Waals surface area contributed by atoms with Gasteiger partial charge in [0.05, 0.1) is 0 Å². The molecular formula is C6H8IN3S2. The average Bonchev–Trinajstić information content (AvgIpc) is 2.47. The smallest absolute Gasteiger partial charge is 0.190 e. The average molecular weight is 313 g/mol. The Balaban J connectivity index is 2.43. The topological polar surface area (TPSA) is 30.7 Å². The lowest BCUT2D eigenvalue weighted by molar-refractivity contribution is 0.789. The van der Waals surface area contributed by atoms with Crippen molar-refractivity contribution in [2.24, 2.45) is 7.05 Å². The summed E-state index contributed by atoms with van der Waals surface area (Å²) in [5.74, 6) is 0.955. The maximum atomic E-state index is 4.81. The largest absolute Gasteiger partial charge is 0.312 e. The van der Waals surface area contributed by atoms with Gasteiger partial charge in [-0.1, -0.05) is 46.6 Å². The second-order valence-electron chi connectivity index (χ2n) is 2.19. The van der Waals surface area contributed by atoms with Gasteiger partial charge in [0.2, 0.25) is 0 Å². The minimum atomic E-state index is 0.416. The van der Waals surface area contributed by atoms with Crippen molar-refractivity contribution in [3.8, 4) is 0 Å². The first-order valence-electron chi connectivity index (χ1n) is 3.30. The number of hydrogen-bond donors (Lipinski definition) is 0. The predicted molar refractivity (Wildman–Crippen MR) is 63.2 cm³/mol. The van der Waals surface area contributed by atoms with Gasteiger partial charge < -0.3 is 4.57 Å². The number of alkyl halides is 1. The Hall–Kier alpha value is 0.310. The molecule has 1 aromatic rings. The van der Waals surface area contributed by atoms with Crippen LogP contribution in [0.25, 0.3) is 0 Å². The number of nitrogens with zero attached hydrogens (tertiary/aromatic N) is 3. The Labute approximate surface area is 94.5 Å². The fraction of sp³-hybridized carbons (Fsp3) is 0.500. The Morgan fingerprint density at radius 3 is 3.17 bits per heavy atom. The Morgan fingerprint density at radius 1 is 1.92 bits per heavy atom. The van der Waals surface area contributed by atoms with Crippen LogP contribution in [0.2, 0.25) is 0 Å². The summed E-state index contributed by atoms with van der Waals surface area (Å²) < 4.78 is 2.32. The molecule has 0 radical (unpaired) electrons. The summed E-state index contributed by atoms with van der Waals surface area (Å²) in [6.45, 7) is 0. The van der Waals surface area contributed by atoms with Gasteiger partial charge in [-0.05, 0) is 5.37 Å². The molecule has 0 fully saturated rings. The molecule has 0 saturated heterocycles. The number of rotatable bonds is 4. The molecule has 0 saturated carbocycles. The summed E-state index contributed by atoms with van der Waals surface area (Å²) in [5, 5.41) is 10.4. The van der Waals surface area contributed by atoms with Gasteiger partial charge in [0.25, 0.3) is 0 Å². The van der Waals surface area contributed by atoms with Crippen LogP contribution >= 0.6 is 46.6 Å². The first-order chi connectivity index (χ1) is 5.74. The van der Waals surface area contributed by atoms with Gasteiger partial charge in [0, 0.05) is 16.7 Å². The quantitative estimate of drug-likeness (QED) is 0.366. The van der Waals surface area contributed by atoms with Crippen molar-refractivity contribution in [2.45, 2.75) is 9.08 Å². The molecule has 1 atom stereocenters. The maximum absolute atomic E-state index is 4.81. The number of thioether (sulfide) groups is 1. The third kappa shape index (κ3) is 2.98. The highest BCUT2D eigenvalue weighted by Crippen LogP contribution is 2.17. The molecule has 1 unspecified atom stereocenters. The number of aromatic nitrogens is 3. The van der Waals surface area contributed by atoms with E-state index in [9.17, 15) is 0 Å². The van der Waals surface area contributed by atoms with E-state index in [-0.39, 0.29) is 0 Å². The fourth-order valence-electron chi connectivity index (χ4n) is 0.597. The van der Waals surface area contributed by atoms with Crippen LogP contribution in [0.3, 0.4) is 0 Å². The molecule has 0 spiro atoms. The number of halogens is 1. The molecular weight excluding hydrogens is 305 g/mol. The first kappa shape index (κ1) is 10.4. The summed E-state index contributed by atoms with van der Waals surface area (Å²) in [6, 6.07) is 0. The van der Waals surface area contributed by atoms with Gasteiger partial charge in [0.1, 0.15) is 6.33 Å². The first-order valence-corrected chi connectivity index (χ1v) is 6.00. The van der Waals surface area contributed by atoms with Crippen LogP contribution in [-0.2, 0) is 7.05 Å². The molecule has 0 aromatic carbocycles. The SMILES string of the molecule is Cn1cnnc1SCC(I)C=S. The number of thiocarbonyl (C=S) groups is 1. The summed E-state index contributed by atoms with van der Waals surface area (Å²) in [6.07, 6.45) is 1.70. The van der Waals surface area contributed by atoms with Crippen molar-refractivity contribution in [1.82, 2.24) is 14.8 Å². The predicted octanol–water partition coefficient (Wildman–Crippen LogP) is 1.71. The normalized spacial score (nSPS) is 12.8. The van der Waals surface area contributed by atoms with Crippen LogP contribution in [0, 0.1) is 0 Å². The molecule has 0 aliphatic rings. The Kier molecular flexibility index (Phi) is 4.44. The van der Waals surface area contributed by atoms with Gasteiger partial charge in [-0.15, -0.1) is 10.2 Å². The third-order valence-electron chi connectivity index (χ3n) is 1.19. The Morgan fingerprint density at radius 2 is 2.67 bits per heavy atom. The second kappa shape index (κ2) is 5.13. The van der Waals surface area contributed by atoms with E-state index >= 15 is 0 Å². The van der Waals surface area contributed by atoms with Crippen molar-refractivity contribution in [1.29, 1.82) is 0 Å². The lowest BCUT2D eigenvalue weighted by Gasteiger charge is -2.01. The van der Waals surface area contributed by atoms with E-state index in [0.29, 0.717) is 3.92 Å². The maximum Gasteiger partial charge on any atom is 0.190 e. The zero-order valence-corrected chi connectivity index (χ0v) is 10.3. The molecule has 6 heteroatoms. The van der Waals surface area contributed by atoms with Gasteiger partial charge in [-0.2, -0.15) is 0 Å². The monoisotopic (exact) mass is 313 g/mol. The van der Waals surface area contributed by atoms with Gasteiger partial charge >= 0.3 is 0 Å². The van der Waals surface area contributed by atoms with E-state index in [1.807, 2.05) is 11.6 Å². The van der Waals surface area contributed by atoms with Crippen LogP contribution in [0.5, 0.6) is 0 Å². The standard InChI is InChI=1S/C6H8IN3S2/c1-10-4-8-9-6(10)12-3-5(7)2-11/h2,4-5H,3H2,1H3. The fourth-order valence-corrected chi connectivity index (χ4v) is 2.11. The van der Waals surface area contributed by atoms with E-state index in [1.165, 1.54) is 0 Å². The van der Waals surface area contributed by atoms with E-state index in [2.05, 4.69) is 32.8 Å². The van der Waals surface area contributed by atoms with Crippen molar-refractivity contribution in [3.63, 3.8) is 0 Å². The highest BCUT2D eigenvalue weighted by atomic mass is 127. The molecule has 0 N–H and O–H groups in total. The minimum Gasteiger partial charge on any atom is -0.312 e. The van der Waals surface area contributed by atoms with Crippen LogP contribution in [0.15, 0.2) is 11.5 Å². The van der Waals surface area contributed by atoms with E-state index in [0.717, 1.165) is 10.9 Å². The summed E-state index contributed by atoms with van der Waals surface area (Å²) in [4.78, 5) is 0. The second-order valence-corrected chi connectivity index (χ2v) is 5.05. The van der Waals surface area contributed by atoms with E-state index < -0.39 is 0 Å². The van der Waals surface area contributed by atoms with E-state index in [1.54, 1.807) is 23.5 Å². The molecule has 1 rings (SSSR count). The third-order valence-corrected chi connectivity index (χ3v) is 4.56. The number of hydrogen-bond acceptors (Lipinski definition) is 4. The molecule has 12 heavy (non-hydrogen) atoms. The molecule has 0 bridgehead atoms. The lowest BCUT2D eigenvalue weighted by Crippen LogP contribution is -2.02. The molecule has 3 nitrogen and oxygen atoms in total. The van der Waals surface area contributed by atoms with Gasteiger partial charge in [-0.3, -0.25) is 0 Å². The molecule has 66 valence electrons. The molecule has 0 aliphatic carbocycles. The van der Waals surface area contributed by atoms with E-state index in [4.69, 9.17) is 12.2 Å². The zero-order chi connectivity index (χ0) is 8.97. The highest BCUT2D eigenvalue weighted by molar-refractivity contribution is 14.1. The zero-order valence-electron chi connectivity index (χ0n) is 6.48. The van der Waals surface area contributed by atoms with Crippen molar-refractivity contribution in [2.75, 3.05) is 5.75 Å². The Bertz CT molecular complexity index is 263. The lowest BCUT2D eigenvalue weighted by atomic mass is 10.6. The van der Waals surface area contributed by atoms with Crippen molar-refractivity contribution in [3.05, 3.63) is 6.33 Å². The van der Waals surface area contributed by atoms with Gasteiger partial charge in [-0.25, -0.2) is 0 Å². The summed E-state index contributed by atoms with van der Waals surface area (Å²) in [5.41, 5.74) is 0. The molecule has 1 heterocycles. The van der Waals surface area contributed by atoms with Crippen molar-refractivity contribution >= 4 is 51.9 Å².